The van der Waals surface area contributed by atoms with Gasteiger partial charge in [-0.05, 0) is 30.5 Å². The van der Waals surface area contributed by atoms with E-state index in [9.17, 15) is 8.42 Å². The first kappa shape index (κ1) is 19.0. The van der Waals surface area contributed by atoms with Crippen LogP contribution in [-0.4, -0.2) is 27.5 Å². The van der Waals surface area contributed by atoms with Crippen LogP contribution in [0.5, 0.6) is 0 Å². The number of para-hydroxylation sites is 2. The Hall–Kier alpha value is -2.97. The Bertz CT molecular complexity index is 1280. The number of nitrogens with zero attached hydrogens (tertiary/aromatic N) is 4. The van der Waals surface area contributed by atoms with Crippen molar-refractivity contribution in [2.75, 3.05) is 0 Å². The molecule has 1 atom stereocenters. The Morgan fingerprint density at radius 3 is 2.53 bits per heavy atom. The van der Waals surface area contributed by atoms with Gasteiger partial charge in [0.05, 0.1) is 11.0 Å². The van der Waals surface area contributed by atoms with E-state index in [0.717, 1.165) is 48.2 Å². The second-order valence-electron chi connectivity index (χ2n) is 7.63. The molecule has 2 aromatic carbocycles. The molecule has 3 heterocycles. The fourth-order valence-electron chi connectivity index (χ4n) is 4.07. The highest BCUT2D eigenvalue weighted by Crippen LogP contribution is 2.27. The molecule has 0 bridgehead atoms. The molecule has 0 radical (unpaired) electrons. The van der Waals surface area contributed by atoms with Crippen LogP contribution in [0, 0.1) is 0 Å². The number of nitrogens with one attached hydrogen (secondary N) is 1. The highest BCUT2D eigenvalue weighted by molar-refractivity contribution is 7.89. The van der Waals surface area contributed by atoms with Crippen molar-refractivity contribution in [3.05, 3.63) is 78.0 Å². The number of rotatable bonds is 5. The molecule has 8 heteroatoms. The quantitative estimate of drug-likeness (QED) is 0.537. The minimum atomic E-state index is -3.84. The lowest BCUT2D eigenvalue weighted by Crippen LogP contribution is -2.31. The van der Waals surface area contributed by atoms with Crippen LogP contribution >= 0.6 is 0 Å². The molecule has 0 aliphatic carbocycles. The maximum atomic E-state index is 13.3. The Labute approximate surface area is 175 Å². The van der Waals surface area contributed by atoms with Gasteiger partial charge in [0.15, 0.2) is 5.03 Å². The van der Waals surface area contributed by atoms with Crippen LogP contribution in [0.1, 0.15) is 36.1 Å². The molecule has 0 saturated carbocycles. The third-order valence-electron chi connectivity index (χ3n) is 5.65. The molecular weight excluding hydrogens is 398 g/mol. The van der Waals surface area contributed by atoms with Gasteiger partial charge in [0.25, 0.3) is 10.0 Å². The molecule has 0 saturated heterocycles. The maximum Gasteiger partial charge on any atom is 0.260 e. The number of sulfonamides is 1. The van der Waals surface area contributed by atoms with E-state index >= 15 is 0 Å². The van der Waals surface area contributed by atoms with Gasteiger partial charge in [-0.3, -0.25) is 0 Å². The van der Waals surface area contributed by atoms with Crippen molar-refractivity contribution in [3.63, 3.8) is 0 Å². The second kappa shape index (κ2) is 7.37. The topological polar surface area (TPSA) is 81.8 Å². The Kier molecular flexibility index (Phi) is 4.67. The summed E-state index contributed by atoms with van der Waals surface area (Å²) in [6.45, 7) is 0.810. The fourth-order valence-corrected chi connectivity index (χ4v) is 5.23. The molecule has 7 nitrogen and oxygen atoms in total. The number of aryl methyl sites for hydroxylation is 3. The number of benzene rings is 2. The molecular formula is C22H23N5O2S. The van der Waals surface area contributed by atoms with Gasteiger partial charge in [-0.15, -0.1) is 0 Å². The van der Waals surface area contributed by atoms with E-state index in [1.54, 1.807) is 6.20 Å². The average Bonchev–Trinajstić information content (AvgIpc) is 3.35. The summed E-state index contributed by atoms with van der Waals surface area (Å²) in [7, 11) is -1.93. The van der Waals surface area contributed by atoms with Gasteiger partial charge in [0.1, 0.15) is 17.7 Å². The first-order valence-electron chi connectivity index (χ1n) is 10.1. The molecule has 1 aliphatic rings. The summed E-state index contributed by atoms with van der Waals surface area (Å²) in [5.74, 6) is 1.47. The zero-order valence-corrected chi connectivity index (χ0v) is 17.5. The summed E-state index contributed by atoms with van der Waals surface area (Å²) < 4.78 is 33.4. The van der Waals surface area contributed by atoms with Crippen molar-refractivity contribution in [1.29, 1.82) is 0 Å². The van der Waals surface area contributed by atoms with Gasteiger partial charge in [-0.25, -0.2) is 18.4 Å². The zero-order valence-electron chi connectivity index (χ0n) is 16.7. The predicted octanol–water partition coefficient (Wildman–Crippen LogP) is 3.17. The van der Waals surface area contributed by atoms with Crippen molar-refractivity contribution in [3.8, 4) is 0 Å². The average molecular weight is 422 g/mol. The fraction of sp³-hybridized carbons (Fsp3) is 0.273. The summed E-state index contributed by atoms with van der Waals surface area (Å²) in [4.78, 5) is 9.16. The number of hydrogen-bond acceptors (Lipinski definition) is 4. The van der Waals surface area contributed by atoms with E-state index in [-0.39, 0.29) is 5.03 Å². The van der Waals surface area contributed by atoms with Crippen LogP contribution in [0.3, 0.4) is 0 Å². The van der Waals surface area contributed by atoms with Crippen molar-refractivity contribution in [2.24, 2.45) is 7.05 Å². The second-order valence-corrected chi connectivity index (χ2v) is 9.29. The number of imidazole rings is 2. The van der Waals surface area contributed by atoms with Crippen LogP contribution in [0.25, 0.3) is 11.0 Å². The Balaban J connectivity index is 1.59. The third-order valence-corrected chi connectivity index (χ3v) is 6.94. The van der Waals surface area contributed by atoms with Gasteiger partial charge < -0.3 is 9.13 Å². The summed E-state index contributed by atoms with van der Waals surface area (Å²) in [6, 6.07) is 16.7. The monoisotopic (exact) mass is 421 g/mol. The van der Waals surface area contributed by atoms with E-state index in [2.05, 4.69) is 9.71 Å². The van der Waals surface area contributed by atoms with Crippen LogP contribution < -0.4 is 4.72 Å². The Morgan fingerprint density at radius 2 is 1.77 bits per heavy atom. The minimum absolute atomic E-state index is 0.0686. The molecule has 1 N–H and O–H groups in total. The van der Waals surface area contributed by atoms with E-state index in [1.165, 1.54) is 0 Å². The maximum absolute atomic E-state index is 13.3. The van der Waals surface area contributed by atoms with Gasteiger partial charge >= 0.3 is 0 Å². The first-order valence-corrected chi connectivity index (χ1v) is 11.6. The van der Waals surface area contributed by atoms with Gasteiger partial charge in [-0.2, -0.15) is 4.72 Å². The molecule has 2 aromatic heterocycles. The normalized spacial score (nSPS) is 15.2. The molecule has 30 heavy (non-hydrogen) atoms. The summed E-state index contributed by atoms with van der Waals surface area (Å²) in [6.07, 6.45) is 4.54. The highest BCUT2D eigenvalue weighted by atomic mass is 32.2. The lowest BCUT2D eigenvalue weighted by molar-refractivity contribution is 0.522. The number of aromatic nitrogens is 4. The molecule has 5 rings (SSSR count). The third kappa shape index (κ3) is 3.32. The smallest absolute Gasteiger partial charge is 0.260 e. The molecule has 0 spiro atoms. The van der Waals surface area contributed by atoms with Gasteiger partial charge in [0.2, 0.25) is 0 Å². The highest BCUT2D eigenvalue weighted by Gasteiger charge is 2.29. The van der Waals surface area contributed by atoms with E-state index in [4.69, 9.17) is 4.98 Å². The number of hydrogen-bond donors (Lipinski definition) is 1. The summed E-state index contributed by atoms with van der Waals surface area (Å²) in [5, 5.41) is 0.0686. The zero-order chi connectivity index (χ0) is 20.7. The molecule has 1 aliphatic heterocycles. The van der Waals surface area contributed by atoms with Crippen LogP contribution in [0.15, 0.2) is 65.8 Å². The van der Waals surface area contributed by atoms with Crippen LogP contribution in [0.2, 0.25) is 0 Å². The van der Waals surface area contributed by atoms with Crippen molar-refractivity contribution in [2.45, 2.75) is 36.9 Å². The van der Waals surface area contributed by atoms with E-state index < -0.39 is 16.1 Å². The lowest BCUT2D eigenvalue weighted by atomic mass is 10.1. The SMILES string of the molecule is Cn1c([C@H](NS(=O)(=O)c2cn3c(n2)CCCC3)c2ccccc2)nc2ccccc21. The molecule has 154 valence electrons. The standard InChI is InChI=1S/C22H23N5O2S/c1-26-18-12-6-5-11-17(18)23-22(26)21(16-9-3-2-4-10-16)25-30(28,29)20-15-27-14-8-7-13-19(27)24-20/h2-6,9-12,15,21,25H,7-8,13-14H2,1H3/t21-/m1/s1. The van der Waals surface area contributed by atoms with Crippen molar-refractivity contribution >= 4 is 21.1 Å². The lowest BCUT2D eigenvalue weighted by Gasteiger charge is -2.18. The number of fused-ring (bicyclic) bond motifs is 2. The van der Waals surface area contributed by atoms with E-state index in [1.807, 2.05) is 70.8 Å². The van der Waals surface area contributed by atoms with Crippen LogP contribution in [0.4, 0.5) is 0 Å². The molecule has 0 amide bonds. The summed E-state index contributed by atoms with van der Waals surface area (Å²) in [5.41, 5.74) is 2.60. The molecule has 0 fully saturated rings. The van der Waals surface area contributed by atoms with Gasteiger partial charge in [-0.1, -0.05) is 42.5 Å². The molecule has 4 aromatic rings. The van der Waals surface area contributed by atoms with Crippen LogP contribution in [-0.2, 0) is 30.0 Å². The summed E-state index contributed by atoms with van der Waals surface area (Å²) >= 11 is 0. The first-order chi connectivity index (χ1) is 14.5. The van der Waals surface area contributed by atoms with Gasteiger partial charge in [0, 0.05) is 26.2 Å². The van der Waals surface area contributed by atoms with Crippen molar-refractivity contribution < 1.29 is 8.42 Å². The molecule has 0 unspecified atom stereocenters. The minimum Gasteiger partial charge on any atom is -0.333 e. The van der Waals surface area contributed by atoms with Crippen molar-refractivity contribution in [1.82, 2.24) is 23.8 Å². The predicted molar refractivity (Wildman–Crippen MR) is 114 cm³/mol. The van der Waals surface area contributed by atoms with E-state index in [0.29, 0.717) is 5.82 Å². The Morgan fingerprint density at radius 1 is 1.00 bits per heavy atom. The largest absolute Gasteiger partial charge is 0.333 e.